The molecule has 128 valence electrons. The van der Waals surface area contributed by atoms with Crippen LogP contribution in [0.25, 0.3) is 0 Å². The Morgan fingerprint density at radius 2 is 1.74 bits per heavy atom. The van der Waals surface area contributed by atoms with Crippen LogP contribution in [0.4, 0.5) is 0 Å². The molecule has 0 saturated carbocycles. The summed E-state index contributed by atoms with van der Waals surface area (Å²) in [5.74, 6) is 0.0639. The van der Waals surface area contributed by atoms with Gasteiger partial charge in [-0.3, -0.25) is 4.79 Å². The Bertz CT molecular complexity index is 653. The number of quaternary nitrogens is 1. The molecular formula is C15H23ClN3O3S+. The third kappa shape index (κ3) is 4.03. The number of halogens is 1. The highest BCUT2D eigenvalue weighted by Gasteiger charge is 2.34. The Hall–Kier alpha value is -1.15. The van der Waals surface area contributed by atoms with E-state index in [9.17, 15) is 13.2 Å². The standard InChI is InChI=1S/C15H22ClN3O3S/c1-12(15(20)17(2)3)18-8-10-19(11-9-18)23(21,22)14-6-4-13(16)5-7-14/h4-7,12H,8-11H2,1-3H3/p+1/t12-/m1/s1. The highest BCUT2D eigenvalue weighted by molar-refractivity contribution is 7.89. The van der Waals surface area contributed by atoms with Crippen molar-refractivity contribution >= 4 is 27.5 Å². The Morgan fingerprint density at radius 3 is 2.22 bits per heavy atom. The van der Waals surface area contributed by atoms with Crippen LogP contribution in [-0.4, -0.2) is 69.8 Å². The molecule has 6 nitrogen and oxygen atoms in total. The summed E-state index contributed by atoms with van der Waals surface area (Å²) in [6.07, 6.45) is 0. The highest BCUT2D eigenvalue weighted by atomic mass is 35.5. The molecule has 1 aromatic carbocycles. The number of carbonyl (C=O) groups is 1. The first kappa shape index (κ1) is 18.2. The summed E-state index contributed by atoms with van der Waals surface area (Å²) in [5.41, 5.74) is 0. The maximum Gasteiger partial charge on any atom is 0.280 e. The van der Waals surface area contributed by atoms with Gasteiger partial charge in [-0.05, 0) is 31.2 Å². The normalized spacial score (nSPS) is 18.6. The molecule has 1 aliphatic heterocycles. The van der Waals surface area contributed by atoms with Crippen LogP contribution >= 0.6 is 11.6 Å². The minimum Gasteiger partial charge on any atom is -0.344 e. The number of sulfonamides is 1. The monoisotopic (exact) mass is 360 g/mol. The molecule has 1 aromatic rings. The minimum atomic E-state index is -3.50. The number of piperazine rings is 1. The molecule has 8 heteroatoms. The number of carbonyl (C=O) groups excluding carboxylic acids is 1. The third-order valence-electron chi connectivity index (χ3n) is 4.24. The van der Waals surface area contributed by atoms with E-state index in [1.165, 1.54) is 16.4 Å². The second kappa shape index (κ2) is 7.17. The zero-order chi connectivity index (χ0) is 17.2. The molecule has 0 unspecified atom stereocenters. The summed E-state index contributed by atoms with van der Waals surface area (Å²) in [5, 5.41) is 0.509. The zero-order valence-electron chi connectivity index (χ0n) is 13.6. The summed E-state index contributed by atoms with van der Waals surface area (Å²) in [6.45, 7) is 3.94. The first-order valence-electron chi connectivity index (χ1n) is 7.55. The summed E-state index contributed by atoms with van der Waals surface area (Å²) in [6, 6.07) is 6.04. The molecule has 1 amide bonds. The van der Waals surface area contributed by atoms with Gasteiger partial charge < -0.3 is 9.80 Å². The van der Waals surface area contributed by atoms with E-state index in [4.69, 9.17) is 11.6 Å². The molecule has 0 aliphatic carbocycles. The third-order valence-corrected chi connectivity index (χ3v) is 6.40. The molecule has 2 rings (SSSR count). The van der Waals surface area contributed by atoms with Crippen molar-refractivity contribution in [1.29, 1.82) is 0 Å². The fraction of sp³-hybridized carbons (Fsp3) is 0.533. The Kier molecular flexibility index (Phi) is 5.67. The molecule has 1 saturated heterocycles. The quantitative estimate of drug-likeness (QED) is 0.802. The van der Waals surface area contributed by atoms with Crippen molar-refractivity contribution in [1.82, 2.24) is 9.21 Å². The predicted molar refractivity (Wildman–Crippen MR) is 89.1 cm³/mol. The minimum absolute atomic E-state index is 0.0639. The van der Waals surface area contributed by atoms with Crippen LogP contribution in [-0.2, 0) is 14.8 Å². The number of benzene rings is 1. The Morgan fingerprint density at radius 1 is 1.22 bits per heavy atom. The van der Waals surface area contributed by atoms with Crippen molar-refractivity contribution in [2.75, 3.05) is 40.3 Å². The summed E-state index contributed by atoms with van der Waals surface area (Å²) in [4.78, 5) is 15.0. The number of amides is 1. The summed E-state index contributed by atoms with van der Waals surface area (Å²) >= 11 is 5.81. The molecule has 0 radical (unpaired) electrons. The van der Waals surface area contributed by atoms with E-state index in [0.717, 1.165) is 4.90 Å². The summed E-state index contributed by atoms with van der Waals surface area (Å²) < 4.78 is 26.7. The van der Waals surface area contributed by atoms with Gasteiger partial charge in [-0.2, -0.15) is 4.31 Å². The number of rotatable bonds is 4. The lowest BCUT2D eigenvalue weighted by molar-refractivity contribution is -0.917. The van der Waals surface area contributed by atoms with E-state index in [1.807, 2.05) is 6.92 Å². The SMILES string of the molecule is C[C@H](C(=O)N(C)C)[NH+]1CCN(S(=O)(=O)c2ccc(Cl)cc2)CC1. The largest absolute Gasteiger partial charge is 0.344 e. The van der Waals surface area contributed by atoms with Gasteiger partial charge in [0, 0.05) is 19.1 Å². The second-order valence-corrected chi connectivity index (χ2v) is 8.34. The van der Waals surface area contributed by atoms with Crippen LogP contribution in [0.5, 0.6) is 0 Å². The van der Waals surface area contributed by atoms with E-state index >= 15 is 0 Å². The van der Waals surface area contributed by atoms with E-state index in [2.05, 4.69) is 0 Å². The van der Waals surface area contributed by atoms with Crippen molar-refractivity contribution in [2.24, 2.45) is 0 Å². The lowest BCUT2D eigenvalue weighted by atomic mass is 10.2. The van der Waals surface area contributed by atoms with E-state index in [0.29, 0.717) is 31.2 Å². The van der Waals surface area contributed by atoms with E-state index in [-0.39, 0.29) is 16.8 Å². The smallest absolute Gasteiger partial charge is 0.280 e. The fourth-order valence-corrected chi connectivity index (χ4v) is 4.33. The highest BCUT2D eigenvalue weighted by Crippen LogP contribution is 2.18. The van der Waals surface area contributed by atoms with Gasteiger partial charge in [0.1, 0.15) is 0 Å². The van der Waals surface area contributed by atoms with Gasteiger partial charge in [-0.1, -0.05) is 11.6 Å². The van der Waals surface area contributed by atoms with E-state index < -0.39 is 10.0 Å². The fourth-order valence-electron chi connectivity index (χ4n) is 2.76. The molecule has 0 bridgehead atoms. The predicted octanol–water partition coefficient (Wildman–Crippen LogP) is -0.294. The molecule has 0 spiro atoms. The zero-order valence-corrected chi connectivity index (χ0v) is 15.2. The van der Waals surface area contributed by atoms with Crippen LogP contribution in [0.3, 0.4) is 0 Å². The molecule has 1 fully saturated rings. The van der Waals surface area contributed by atoms with Gasteiger partial charge >= 0.3 is 0 Å². The topological polar surface area (TPSA) is 62.1 Å². The molecule has 1 N–H and O–H groups in total. The molecule has 1 aliphatic rings. The van der Waals surface area contributed by atoms with Crippen LogP contribution in [0.1, 0.15) is 6.92 Å². The second-order valence-electron chi connectivity index (χ2n) is 5.97. The maximum atomic E-state index is 12.6. The number of likely N-dealkylation sites (N-methyl/N-ethyl adjacent to an activating group) is 1. The molecule has 0 aromatic heterocycles. The van der Waals surface area contributed by atoms with Crippen LogP contribution in [0, 0.1) is 0 Å². The van der Waals surface area contributed by atoms with Gasteiger partial charge in [-0.25, -0.2) is 8.42 Å². The van der Waals surface area contributed by atoms with Gasteiger partial charge in [0.05, 0.1) is 31.1 Å². The van der Waals surface area contributed by atoms with Gasteiger partial charge in [0.15, 0.2) is 6.04 Å². The van der Waals surface area contributed by atoms with Crippen molar-refractivity contribution in [3.05, 3.63) is 29.3 Å². The first-order valence-corrected chi connectivity index (χ1v) is 9.36. The lowest BCUT2D eigenvalue weighted by Crippen LogP contribution is -3.19. The average molecular weight is 361 g/mol. The molecule has 1 heterocycles. The van der Waals surface area contributed by atoms with Crippen LogP contribution in [0.15, 0.2) is 29.2 Å². The van der Waals surface area contributed by atoms with E-state index in [1.54, 1.807) is 31.1 Å². The number of nitrogens with zero attached hydrogens (tertiary/aromatic N) is 2. The van der Waals surface area contributed by atoms with Gasteiger partial charge in [-0.15, -0.1) is 0 Å². The Labute approximate surface area is 142 Å². The first-order chi connectivity index (χ1) is 10.7. The summed E-state index contributed by atoms with van der Waals surface area (Å²) in [7, 11) is -0.0272. The van der Waals surface area contributed by atoms with Crippen molar-refractivity contribution in [3.8, 4) is 0 Å². The maximum absolute atomic E-state index is 12.6. The van der Waals surface area contributed by atoms with Crippen molar-refractivity contribution in [2.45, 2.75) is 17.9 Å². The molecular weight excluding hydrogens is 338 g/mol. The number of nitrogens with one attached hydrogen (secondary N) is 1. The average Bonchev–Trinajstić information content (AvgIpc) is 2.54. The molecule has 1 atom stereocenters. The van der Waals surface area contributed by atoms with Crippen LogP contribution < -0.4 is 4.90 Å². The van der Waals surface area contributed by atoms with Crippen molar-refractivity contribution < 1.29 is 18.1 Å². The van der Waals surface area contributed by atoms with Crippen molar-refractivity contribution in [3.63, 3.8) is 0 Å². The Balaban J connectivity index is 2.04. The molecule has 23 heavy (non-hydrogen) atoms. The number of hydrogen-bond donors (Lipinski definition) is 1. The number of hydrogen-bond acceptors (Lipinski definition) is 3. The van der Waals surface area contributed by atoms with Gasteiger partial charge in [0.2, 0.25) is 10.0 Å². The lowest BCUT2D eigenvalue weighted by Gasteiger charge is -2.34. The van der Waals surface area contributed by atoms with Crippen LogP contribution in [0.2, 0.25) is 5.02 Å². The van der Waals surface area contributed by atoms with Gasteiger partial charge in [0.25, 0.3) is 5.91 Å².